The molecule has 0 aliphatic rings. The van der Waals surface area contributed by atoms with Gasteiger partial charge < -0.3 is 4.90 Å². The van der Waals surface area contributed by atoms with Crippen molar-refractivity contribution in [3.05, 3.63) is 27.6 Å². The van der Waals surface area contributed by atoms with Crippen LogP contribution < -0.4 is 5.56 Å². The van der Waals surface area contributed by atoms with Crippen LogP contribution in [-0.4, -0.2) is 62.1 Å². The van der Waals surface area contributed by atoms with Crippen LogP contribution >= 0.6 is 11.3 Å². The van der Waals surface area contributed by atoms with Crippen molar-refractivity contribution in [1.29, 1.82) is 0 Å². The summed E-state index contributed by atoms with van der Waals surface area (Å²) in [7, 11) is 5.21. The molecule has 0 fully saturated rings. The van der Waals surface area contributed by atoms with Gasteiger partial charge in [-0.1, -0.05) is 6.92 Å². The Hall–Kier alpha value is -2.26. The Bertz CT molecular complexity index is 970. The van der Waals surface area contributed by atoms with Crippen LogP contribution in [0.1, 0.15) is 19.2 Å². The highest BCUT2D eigenvalue weighted by atomic mass is 32.1. The van der Waals surface area contributed by atoms with Gasteiger partial charge in [0.25, 0.3) is 5.56 Å². The van der Waals surface area contributed by atoms with Crippen LogP contribution in [-0.2, 0) is 18.4 Å². The Labute approximate surface area is 149 Å². The molecule has 3 aromatic rings. The highest BCUT2D eigenvalue weighted by Gasteiger charge is 2.19. The fraction of sp³-hybridized carbons (Fsp3) is 0.500. The largest absolute Gasteiger partial charge is 0.348 e. The van der Waals surface area contributed by atoms with E-state index in [9.17, 15) is 9.59 Å². The molecule has 0 saturated heterocycles. The SMILES string of the molecule is CCCN(CC(=O)N(C)C)Cc1nnc2n(C)c(=O)c3sccc3n12. The van der Waals surface area contributed by atoms with Gasteiger partial charge in [-0.3, -0.25) is 23.5 Å². The van der Waals surface area contributed by atoms with Crippen molar-refractivity contribution in [2.45, 2.75) is 19.9 Å². The minimum Gasteiger partial charge on any atom is -0.348 e. The lowest BCUT2D eigenvalue weighted by Crippen LogP contribution is -2.37. The summed E-state index contributed by atoms with van der Waals surface area (Å²) < 4.78 is 4.11. The first-order valence-electron chi connectivity index (χ1n) is 8.16. The predicted molar refractivity (Wildman–Crippen MR) is 97.9 cm³/mol. The number of aromatic nitrogens is 4. The fourth-order valence-electron chi connectivity index (χ4n) is 2.82. The number of amides is 1. The summed E-state index contributed by atoms with van der Waals surface area (Å²) in [6, 6.07) is 1.91. The van der Waals surface area contributed by atoms with Crippen molar-refractivity contribution in [3.8, 4) is 0 Å². The zero-order valence-corrected chi connectivity index (χ0v) is 15.7. The molecule has 0 atom stereocenters. The average molecular weight is 362 g/mol. The molecule has 0 aromatic carbocycles. The zero-order valence-electron chi connectivity index (χ0n) is 14.9. The second kappa shape index (κ2) is 6.93. The van der Waals surface area contributed by atoms with Gasteiger partial charge in [-0.2, -0.15) is 0 Å². The molecule has 3 aromatic heterocycles. The summed E-state index contributed by atoms with van der Waals surface area (Å²) in [5.74, 6) is 1.30. The van der Waals surface area contributed by atoms with Gasteiger partial charge in [-0.15, -0.1) is 21.5 Å². The van der Waals surface area contributed by atoms with Gasteiger partial charge in [0.1, 0.15) is 4.70 Å². The summed E-state index contributed by atoms with van der Waals surface area (Å²) in [5, 5.41) is 10.4. The molecule has 0 radical (unpaired) electrons. The maximum Gasteiger partial charge on any atom is 0.272 e. The number of rotatable bonds is 6. The van der Waals surface area contributed by atoms with Gasteiger partial charge >= 0.3 is 0 Å². The number of likely N-dealkylation sites (N-methyl/N-ethyl adjacent to an activating group) is 1. The second-order valence-corrected chi connectivity index (χ2v) is 7.17. The summed E-state index contributed by atoms with van der Waals surface area (Å²) in [6.07, 6.45) is 0.934. The van der Waals surface area contributed by atoms with Gasteiger partial charge in [0.05, 0.1) is 18.6 Å². The van der Waals surface area contributed by atoms with Gasteiger partial charge in [0.15, 0.2) is 5.82 Å². The van der Waals surface area contributed by atoms with Crippen molar-refractivity contribution in [2.24, 2.45) is 7.05 Å². The lowest BCUT2D eigenvalue weighted by molar-refractivity contribution is -0.130. The summed E-state index contributed by atoms with van der Waals surface area (Å²) in [4.78, 5) is 28.1. The molecule has 134 valence electrons. The average Bonchev–Trinajstić information content (AvgIpc) is 3.19. The Kier molecular flexibility index (Phi) is 4.87. The number of fused-ring (bicyclic) bond motifs is 3. The molecule has 0 unspecified atom stereocenters. The summed E-state index contributed by atoms with van der Waals surface area (Å²) >= 11 is 1.41. The van der Waals surface area contributed by atoms with Crippen LogP contribution in [0.3, 0.4) is 0 Å². The molecular weight excluding hydrogens is 340 g/mol. The maximum absolute atomic E-state index is 12.4. The Morgan fingerprint density at radius 2 is 2.08 bits per heavy atom. The summed E-state index contributed by atoms with van der Waals surface area (Å²) in [5.41, 5.74) is 0.753. The number of hydrogen-bond donors (Lipinski definition) is 0. The van der Waals surface area contributed by atoms with Gasteiger partial charge in [-0.05, 0) is 24.4 Å². The van der Waals surface area contributed by atoms with Crippen molar-refractivity contribution in [2.75, 3.05) is 27.2 Å². The molecule has 25 heavy (non-hydrogen) atoms. The first kappa shape index (κ1) is 17.6. The molecule has 0 spiro atoms. The number of thiophene rings is 1. The minimum atomic E-state index is -0.0651. The van der Waals surface area contributed by atoms with Crippen molar-refractivity contribution in [1.82, 2.24) is 29.0 Å². The number of aryl methyl sites for hydroxylation is 1. The number of carbonyl (C=O) groups is 1. The quantitative estimate of drug-likeness (QED) is 0.652. The fourth-order valence-corrected chi connectivity index (χ4v) is 3.67. The summed E-state index contributed by atoms with van der Waals surface area (Å²) in [6.45, 7) is 3.69. The van der Waals surface area contributed by atoms with Gasteiger partial charge in [0, 0.05) is 21.1 Å². The van der Waals surface area contributed by atoms with Crippen molar-refractivity contribution >= 4 is 33.2 Å². The molecular formula is C16H22N6O2S. The standard InChI is InChI=1S/C16H22N6O2S/c1-5-7-21(10-13(23)19(2)3)9-12-17-18-16-20(4)15(24)14-11(22(12)16)6-8-25-14/h6,8H,5,7,9-10H2,1-4H3. The normalized spacial score (nSPS) is 11.7. The van der Waals surface area contributed by atoms with E-state index in [1.165, 1.54) is 15.9 Å². The molecule has 0 aliphatic heterocycles. The smallest absolute Gasteiger partial charge is 0.272 e. The second-order valence-electron chi connectivity index (χ2n) is 6.25. The molecule has 8 nitrogen and oxygen atoms in total. The molecule has 9 heteroatoms. The zero-order chi connectivity index (χ0) is 18.1. The van der Waals surface area contributed by atoms with E-state index in [-0.39, 0.29) is 11.5 Å². The minimum absolute atomic E-state index is 0.0513. The van der Waals surface area contributed by atoms with Crippen molar-refractivity contribution in [3.63, 3.8) is 0 Å². The molecule has 3 rings (SSSR count). The number of hydrogen-bond acceptors (Lipinski definition) is 6. The van der Waals surface area contributed by atoms with Crippen LogP contribution in [0.4, 0.5) is 0 Å². The van der Waals surface area contributed by atoms with E-state index in [2.05, 4.69) is 22.0 Å². The van der Waals surface area contributed by atoms with Crippen molar-refractivity contribution < 1.29 is 4.79 Å². The third-order valence-corrected chi connectivity index (χ3v) is 5.05. The lowest BCUT2D eigenvalue weighted by atomic mass is 10.3. The Balaban J connectivity index is 2.03. The van der Waals surface area contributed by atoms with Gasteiger partial charge in [-0.25, -0.2) is 0 Å². The molecule has 3 heterocycles. The van der Waals surface area contributed by atoms with E-state index in [1.807, 2.05) is 15.8 Å². The van der Waals surface area contributed by atoms with E-state index in [0.29, 0.717) is 23.6 Å². The van der Waals surface area contributed by atoms with E-state index in [0.717, 1.165) is 24.3 Å². The van der Waals surface area contributed by atoms with Crippen LogP contribution in [0.25, 0.3) is 16.0 Å². The monoisotopic (exact) mass is 362 g/mol. The third kappa shape index (κ3) is 3.16. The van der Waals surface area contributed by atoms with Gasteiger partial charge in [0.2, 0.25) is 11.7 Å². The highest BCUT2D eigenvalue weighted by Crippen LogP contribution is 2.19. The van der Waals surface area contributed by atoms with E-state index in [1.54, 1.807) is 26.0 Å². The predicted octanol–water partition coefficient (Wildman–Crippen LogP) is 0.943. The van der Waals surface area contributed by atoms with E-state index in [4.69, 9.17) is 0 Å². The van der Waals surface area contributed by atoms with E-state index >= 15 is 0 Å². The Morgan fingerprint density at radius 3 is 2.76 bits per heavy atom. The molecule has 0 saturated carbocycles. The molecule has 0 N–H and O–H groups in total. The molecule has 0 bridgehead atoms. The topological polar surface area (TPSA) is 75.7 Å². The lowest BCUT2D eigenvalue weighted by Gasteiger charge is -2.22. The van der Waals surface area contributed by atoms with Crippen LogP contribution in [0, 0.1) is 0 Å². The van der Waals surface area contributed by atoms with E-state index < -0.39 is 0 Å². The molecule has 0 aliphatic carbocycles. The maximum atomic E-state index is 12.4. The first-order chi connectivity index (χ1) is 11.9. The first-order valence-corrected chi connectivity index (χ1v) is 9.04. The highest BCUT2D eigenvalue weighted by molar-refractivity contribution is 7.17. The van der Waals surface area contributed by atoms with Crippen LogP contribution in [0.5, 0.6) is 0 Å². The molecule has 1 amide bonds. The number of nitrogens with zero attached hydrogens (tertiary/aromatic N) is 6. The van der Waals surface area contributed by atoms with Crippen LogP contribution in [0.2, 0.25) is 0 Å². The number of carbonyl (C=O) groups excluding carboxylic acids is 1. The third-order valence-electron chi connectivity index (χ3n) is 4.16. The van der Waals surface area contributed by atoms with Crippen LogP contribution in [0.15, 0.2) is 16.2 Å². The Morgan fingerprint density at radius 1 is 1.32 bits per heavy atom.